The lowest BCUT2D eigenvalue weighted by Gasteiger charge is -2.31. The SMILES string of the molecule is CCS[C@@H]1CCCC[C@@H]1NC(=O)c1n[nH]c(C)c1[N+](=O)[O-]. The quantitative estimate of drug-likeness (QED) is 0.642. The molecule has 116 valence electrons. The zero-order valence-corrected chi connectivity index (χ0v) is 13.0. The molecule has 0 spiro atoms. The molecule has 7 nitrogen and oxygen atoms in total. The summed E-state index contributed by atoms with van der Waals surface area (Å²) in [5.41, 5.74) is -0.0559. The monoisotopic (exact) mass is 312 g/mol. The highest BCUT2D eigenvalue weighted by Crippen LogP contribution is 2.29. The van der Waals surface area contributed by atoms with Crippen molar-refractivity contribution >= 4 is 23.4 Å². The molecule has 1 amide bonds. The van der Waals surface area contributed by atoms with Gasteiger partial charge in [-0.3, -0.25) is 20.0 Å². The molecule has 0 saturated heterocycles. The van der Waals surface area contributed by atoms with E-state index in [4.69, 9.17) is 0 Å². The topological polar surface area (TPSA) is 101 Å². The standard InChI is InChI=1S/C13H20N4O3S/c1-3-21-10-7-5-4-6-9(10)14-13(18)11-12(17(19)20)8(2)15-16-11/h9-10H,3-7H2,1-2H3,(H,14,18)(H,15,16)/t9-,10+/m0/s1. The minimum atomic E-state index is -0.563. The number of carbonyl (C=O) groups excluding carboxylic acids is 1. The van der Waals surface area contributed by atoms with Crippen molar-refractivity contribution < 1.29 is 9.72 Å². The Hall–Kier alpha value is -1.57. The average Bonchev–Trinajstić information content (AvgIpc) is 2.83. The molecule has 1 aromatic rings. The number of rotatable bonds is 5. The van der Waals surface area contributed by atoms with Crippen molar-refractivity contribution in [2.75, 3.05) is 5.75 Å². The van der Waals surface area contributed by atoms with Crippen molar-refractivity contribution in [3.8, 4) is 0 Å². The van der Waals surface area contributed by atoms with Crippen LogP contribution in [0.4, 0.5) is 5.69 Å². The third kappa shape index (κ3) is 3.55. The van der Waals surface area contributed by atoms with E-state index in [9.17, 15) is 14.9 Å². The molecule has 0 radical (unpaired) electrons. The highest BCUT2D eigenvalue weighted by molar-refractivity contribution is 7.99. The molecule has 1 aliphatic rings. The van der Waals surface area contributed by atoms with Gasteiger partial charge in [0.25, 0.3) is 5.91 Å². The van der Waals surface area contributed by atoms with E-state index in [1.54, 1.807) is 0 Å². The molecular weight excluding hydrogens is 292 g/mol. The highest BCUT2D eigenvalue weighted by atomic mass is 32.2. The van der Waals surface area contributed by atoms with E-state index < -0.39 is 10.8 Å². The van der Waals surface area contributed by atoms with Gasteiger partial charge in [0.05, 0.1) is 4.92 Å². The fourth-order valence-electron chi connectivity index (χ4n) is 2.72. The van der Waals surface area contributed by atoms with Gasteiger partial charge in [0.2, 0.25) is 5.69 Å². The number of thioether (sulfide) groups is 1. The van der Waals surface area contributed by atoms with E-state index >= 15 is 0 Å². The predicted octanol–water partition coefficient (Wildman–Crippen LogP) is 2.42. The molecule has 1 fully saturated rings. The number of aromatic nitrogens is 2. The lowest BCUT2D eigenvalue weighted by atomic mass is 9.94. The first-order valence-corrected chi connectivity index (χ1v) is 8.21. The second-order valence-electron chi connectivity index (χ2n) is 5.16. The molecule has 1 aliphatic carbocycles. The summed E-state index contributed by atoms with van der Waals surface area (Å²) in [6.45, 7) is 3.64. The largest absolute Gasteiger partial charge is 0.347 e. The van der Waals surface area contributed by atoms with Gasteiger partial charge in [-0.25, -0.2) is 0 Å². The molecule has 8 heteroatoms. The van der Waals surface area contributed by atoms with Crippen LogP contribution in [0.25, 0.3) is 0 Å². The Morgan fingerprint density at radius 2 is 2.24 bits per heavy atom. The summed E-state index contributed by atoms with van der Waals surface area (Å²) in [7, 11) is 0. The molecule has 2 rings (SSSR count). The molecule has 0 aromatic carbocycles. The van der Waals surface area contributed by atoms with Gasteiger partial charge in [-0.1, -0.05) is 19.8 Å². The summed E-state index contributed by atoms with van der Waals surface area (Å²) in [4.78, 5) is 22.8. The molecular formula is C13H20N4O3S. The zero-order valence-electron chi connectivity index (χ0n) is 12.2. The second kappa shape index (κ2) is 6.93. The van der Waals surface area contributed by atoms with Crippen LogP contribution in [0.1, 0.15) is 48.8 Å². The van der Waals surface area contributed by atoms with Crippen LogP contribution in [-0.2, 0) is 0 Å². The Labute approximate surface area is 127 Å². The molecule has 1 saturated carbocycles. The van der Waals surface area contributed by atoms with Crippen molar-refractivity contribution in [2.45, 2.75) is 50.8 Å². The summed E-state index contributed by atoms with van der Waals surface area (Å²) in [6.07, 6.45) is 4.24. The Balaban J connectivity index is 2.11. The number of hydrogen-bond acceptors (Lipinski definition) is 5. The summed E-state index contributed by atoms with van der Waals surface area (Å²) in [5.74, 6) is 0.540. The van der Waals surface area contributed by atoms with Crippen LogP contribution < -0.4 is 5.32 Å². The molecule has 2 N–H and O–H groups in total. The summed E-state index contributed by atoms with van der Waals surface area (Å²) in [5, 5.41) is 20.6. The summed E-state index contributed by atoms with van der Waals surface area (Å²) >= 11 is 1.84. The molecule has 0 aliphatic heterocycles. The molecule has 2 atom stereocenters. The van der Waals surface area contributed by atoms with E-state index in [-0.39, 0.29) is 17.4 Å². The first kappa shape index (κ1) is 15.8. The van der Waals surface area contributed by atoms with Crippen LogP contribution in [0.15, 0.2) is 0 Å². The summed E-state index contributed by atoms with van der Waals surface area (Å²) < 4.78 is 0. The smallest absolute Gasteiger partial charge is 0.322 e. The molecule has 1 aromatic heterocycles. The van der Waals surface area contributed by atoms with Gasteiger partial charge < -0.3 is 5.32 Å². The zero-order chi connectivity index (χ0) is 15.4. The predicted molar refractivity (Wildman–Crippen MR) is 81.6 cm³/mol. The van der Waals surface area contributed by atoms with Gasteiger partial charge in [-0.05, 0) is 25.5 Å². The Kier molecular flexibility index (Phi) is 5.22. The Morgan fingerprint density at radius 1 is 1.52 bits per heavy atom. The first-order valence-electron chi connectivity index (χ1n) is 7.16. The molecule has 1 heterocycles. The van der Waals surface area contributed by atoms with E-state index in [2.05, 4.69) is 22.4 Å². The first-order chi connectivity index (χ1) is 10.0. The lowest BCUT2D eigenvalue weighted by Crippen LogP contribution is -2.44. The van der Waals surface area contributed by atoms with Crippen molar-refractivity contribution in [1.29, 1.82) is 0 Å². The van der Waals surface area contributed by atoms with Crippen molar-refractivity contribution in [3.05, 3.63) is 21.5 Å². The van der Waals surface area contributed by atoms with Gasteiger partial charge in [0.1, 0.15) is 5.69 Å². The second-order valence-corrected chi connectivity index (χ2v) is 6.68. The number of amides is 1. The van der Waals surface area contributed by atoms with Crippen molar-refractivity contribution in [1.82, 2.24) is 15.5 Å². The van der Waals surface area contributed by atoms with E-state index in [1.807, 2.05) is 11.8 Å². The van der Waals surface area contributed by atoms with Crippen LogP contribution >= 0.6 is 11.8 Å². The molecule has 0 bridgehead atoms. The lowest BCUT2D eigenvalue weighted by molar-refractivity contribution is -0.385. The number of H-pyrrole nitrogens is 1. The molecule has 21 heavy (non-hydrogen) atoms. The van der Waals surface area contributed by atoms with Gasteiger partial charge in [0, 0.05) is 11.3 Å². The van der Waals surface area contributed by atoms with Crippen LogP contribution in [0.3, 0.4) is 0 Å². The maximum atomic E-state index is 12.3. The van der Waals surface area contributed by atoms with Gasteiger partial charge in [-0.2, -0.15) is 16.9 Å². The van der Waals surface area contributed by atoms with E-state index in [0.717, 1.165) is 25.0 Å². The van der Waals surface area contributed by atoms with Crippen LogP contribution in [0, 0.1) is 17.0 Å². The maximum Gasteiger partial charge on any atom is 0.322 e. The van der Waals surface area contributed by atoms with E-state index in [1.165, 1.54) is 13.3 Å². The minimum absolute atomic E-state index is 0.0628. The Morgan fingerprint density at radius 3 is 2.90 bits per heavy atom. The average molecular weight is 312 g/mol. The number of aryl methyl sites for hydroxylation is 1. The van der Waals surface area contributed by atoms with Crippen molar-refractivity contribution in [2.24, 2.45) is 0 Å². The molecule has 0 unspecified atom stereocenters. The fraction of sp³-hybridized carbons (Fsp3) is 0.692. The van der Waals surface area contributed by atoms with Crippen LogP contribution in [0.5, 0.6) is 0 Å². The van der Waals surface area contributed by atoms with Crippen molar-refractivity contribution in [3.63, 3.8) is 0 Å². The third-order valence-electron chi connectivity index (χ3n) is 3.71. The van der Waals surface area contributed by atoms with Crippen LogP contribution in [-0.4, -0.2) is 38.1 Å². The minimum Gasteiger partial charge on any atom is -0.347 e. The number of hydrogen-bond donors (Lipinski definition) is 2. The maximum absolute atomic E-state index is 12.3. The number of nitrogens with one attached hydrogen (secondary N) is 2. The number of nitrogens with zero attached hydrogens (tertiary/aromatic N) is 2. The summed E-state index contributed by atoms with van der Waals surface area (Å²) in [6, 6.07) is 0.0628. The van der Waals surface area contributed by atoms with Crippen LogP contribution in [0.2, 0.25) is 0 Å². The van der Waals surface area contributed by atoms with E-state index in [0.29, 0.717) is 10.9 Å². The number of nitro groups is 1. The fourth-order valence-corrected chi connectivity index (χ4v) is 3.92. The number of aromatic amines is 1. The van der Waals surface area contributed by atoms with Gasteiger partial charge >= 0.3 is 5.69 Å². The van der Waals surface area contributed by atoms with Gasteiger partial charge in [-0.15, -0.1) is 0 Å². The third-order valence-corrected chi connectivity index (χ3v) is 5.04. The number of carbonyl (C=O) groups is 1. The highest BCUT2D eigenvalue weighted by Gasteiger charge is 2.31. The Bertz CT molecular complexity index is 529. The van der Waals surface area contributed by atoms with Gasteiger partial charge in [0.15, 0.2) is 0 Å². The normalized spacial score (nSPS) is 22.0.